The lowest BCUT2D eigenvalue weighted by atomic mass is 9.99. The normalized spacial score (nSPS) is 11.1. The lowest BCUT2D eigenvalue weighted by Crippen LogP contribution is -2.17. The summed E-state index contributed by atoms with van der Waals surface area (Å²) < 4.78 is 6.44. The molecule has 1 amide bonds. The molecule has 0 spiro atoms. The number of rotatable bonds is 6. The van der Waals surface area contributed by atoms with Crippen molar-refractivity contribution >= 4 is 55.0 Å². The van der Waals surface area contributed by atoms with Crippen molar-refractivity contribution in [1.29, 1.82) is 0 Å². The van der Waals surface area contributed by atoms with Crippen molar-refractivity contribution in [1.82, 2.24) is 4.98 Å². The van der Waals surface area contributed by atoms with Gasteiger partial charge in [-0.05, 0) is 68.7 Å². The number of amides is 1. The lowest BCUT2D eigenvalue weighted by Gasteiger charge is -2.14. The molecule has 3 aromatic carbocycles. The number of aryl methyl sites for hydroxylation is 2. The maximum absolute atomic E-state index is 13.9. The van der Waals surface area contributed by atoms with Gasteiger partial charge in [0.05, 0.1) is 22.9 Å². The van der Waals surface area contributed by atoms with Crippen LogP contribution in [0.5, 0.6) is 0 Å². The molecule has 0 saturated heterocycles. The Kier molecular flexibility index (Phi) is 7.64. The number of hydrogen-bond acceptors (Lipinski definition) is 5. The Hall–Kier alpha value is -3.81. The highest BCUT2D eigenvalue weighted by Gasteiger charge is 2.25. The number of anilines is 1. The fourth-order valence-electron chi connectivity index (χ4n) is 4.36. The van der Waals surface area contributed by atoms with Gasteiger partial charge < -0.3 is 10.1 Å². The van der Waals surface area contributed by atoms with E-state index in [0.29, 0.717) is 32.7 Å². The number of aromatic nitrogens is 1. The van der Waals surface area contributed by atoms with Gasteiger partial charge in [0.2, 0.25) is 0 Å². The third kappa shape index (κ3) is 5.65. The molecule has 5 aromatic rings. The van der Waals surface area contributed by atoms with Crippen molar-refractivity contribution in [2.75, 3.05) is 5.32 Å². The van der Waals surface area contributed by atoms with E-state index >= 15 is 0 Å². The summed E-state index contributed by atoms with van der Waals surface area (Å²) in [5.74, 6) is -0.799. The second-order valence-electron chi connectivity index (χ2n) is 9.64. The summed E-state index contributed by atoms with van der Waals surface area (Å²) in [6, 6.07) is 23.3. The number of fused-ring (bicyclic) bond motifs is 1. The van der Waals surface area contributed by atoms with Gasteiger partial charge in [-0.25, -0.2) is 9.78 Å². The number of pyridine rings is 1. The van der Waals surface area contributed by atoms with Crippen LogP contribution in [0.15, 0.2) is 82.6 Å². The van der Waals surface area contributed by atoms with Crippen LogP contribution < -0.4 is 5.32 Å². The molecule has 0 unspecified atom stereocenters. The van der Waals surface area contributed by atoms with Gasteiger partial charge in [-0.15, -0.1) is 11.3 Å². The number of carbonyl (C=O) groups is 2. The van der Waals surface area contributed by atoms with Crippen molar-refractivity contribution < 1.29 is 14.3 Å². The average molecular weight is 600 g/mol. The van der Waals surface area contributed by atoms with Gasteiger partial charge in [0.1, 0.15) is 10.6 Å². The molecular weight excluding hydrogens is 572 g/mol. The maximum Gasteiger partial charge on any atom is 0.342 e. The van der Waals surface area contributed by atoms with Crippen molar-refractivity contribution in [3.63, 3.8) is 0 Å². The van der Waals surface area contributed by atoms with Gasteiger partial charge in [0, 0.05) is 26.4 Å². The first-order valence-corrected chi connectivity index (χ1v) is 14.3. The van der Waals surface area contributed by atoms with E-state index in [9.17, 15) is 9.59 Å². The summed E-state index contributed by atoms with van der Waals surface area (Å²) in [7, 11) is 0. The number of carbonyl (C=O) groups excluding carboxylic acids is 2. The lowest BCUT2D eigenvalue weighted by molar-refractivity contribution is 0.0380. The van der Waals surface area contributed by atoms with E-state index in [2.05, 4.69) is 27.3 Å². The van der Waals surface area contributed by atoms with Crippen LogP contribution in [0.2, 0.25) is 0 Å². The summed E-state index contributed by atoms with van der Waals surface area (Å²) in [6.45, 7) is 7.71. The summed E-state index contributed by atoms with van der Waals surface area (Å²) in [5.41, 5.74) is 7.03. The SMILES string of the molecule is Cc1ccc(-c2csc(NC(=O)c3cc(-c4ccccc4)nc4ccc(Br)cc34)c2C(=O)OC(C)C)cc1C. The van der Waals surface area contributed by atoms with E-state index < -0.39 is 5.97 Å². The number of nitrogens with one attached hydrogen (secondary N) is 1. The fraction of sp³-hybridized carbons (Fsp3) is 0.156. The Morgan fingerprint density at radius 1 is 0.923 bits per heavy atom. The number of esters is 1. The van der Waals surface area contributed by atoms with Gasteiger partial charge >= 0.3 is 5.97 Å². The molecule has 5 rings (SSSR count). The van der Waals surface area contributed by atoms with E-state index in [1.807, 2.05) is 93.7 Å². The van der Waals surface area contributed by atoms with Crippen molar-refractivity contribution in [3.05, 3.63) is 105 Å². The highest BCUT2D eigenvalue weighted by Crippen LogP contribution is 2.38. The molecule has 5 nitrogen and oxygen atoms in total. The monoisotopic (exact) mass is 598 g/mol. The minimum Gasteiger partial charge on any atom is -0.459 e. The summed E-state index contributed by atoms with van der Waals surface area (Å²) in [5, 5.41) is 6.07. The van der Waals surface area contributed by atoms with Crippen molar-refractivity contribution in [3.8, 4) is 22.4 Å². The van der Waals surface area contributed by atoms with Gasteiger partial charge in [-0.1, -0.05) is 64.5 Å². The zero-order valence-corrected chi connectivity index (χ0v) is 24.4. The number of nitrogens with zero attached hydrogens (tertiary/aromatic N) is 1. The minimum absolute atomic E-state index is 0.302. The van der Waals surface area contributed by atoms with Crippen LogP contribution in [-0.2, 0) is 4.74 Å². The number of thiophene rings is 1. The second-order valence-corrected chi connectivity index (χ2v) is 11.4. The Labute approximate surface area is 240 Å². The molecule has 7 heteroatoms. The Morgan fingerprint density at radius 3 is 2.41 bits per heavy atom. The average Bonchev–Trinajstić information content (AvgIpc) is 3.33. The zero-order valence-electron chi connectivity index (χ0n) is 22.0. The smallest absolute Gasteiger partial charge is 0.342 e. The minimum atomic E-state index is -0.470. The molecule has 0 aliphatic heterocycles. The van der Waals surface area contributed by atoms with E-state index in [-0.39, 0.29) is 12.0 Å². The molecular formula is C32H27BrN2O3S. The number of halogens is 1. The standard InChI is InChI=1S/C32H27BrN2O3S/c1-18(2)38-32(37)29-26(22-11-10-19(3)20(4)14-22)17-39-31(29)35-30(36)25-16-28(21-8-6-5-7-9-21)34-27-13-12-23(33)15-24(25)27/h5-18H,1-4H3,(H,35,36). The van der Waals surface area contributed by atoms with E-state index in [1.165, 1.54) is 16.9 Å². The highest BCUT2D eigenvalue weighted by atomic mass is 79.9. The Morgan fingerprint density at radius 2 is 1.69 bits per heavy atom. The molecule has 2 heterocycles. The molecule has 0 aliphatic carbocycles. The van der Waals surface area contributed by atoms with Crippen LogP contribution in [-0.4, -0.2) is 23.0 Å². The van der Waals surface area contributed by atoms with Gasteiger partial charge in [-0.2, -0.15) is 0 Å². The maximum atomic E-state index is 13.9. The fourth-order valence-corrected chi connectivity index (χ4v) is 5.67. The van der Waals surface area contributed by atoms with Crippen LogP contribution in [0, 0.1) is 13.8 Å². The third-order valence-electron chi connectivity index (χ3n) is 6.47. The molecule has 196 valence electrons. The molecule has 2 aromatic heterocycles. The van der Waals surface area contributed by atoms with E-state index in [1.54, 1.807) is 6.07 Å². The summed E-state index contributed by atoms with van der Waals surface area (Å²) in [6.07, 6.45) is -0.302. The first-order valence-electron chi connectivity index (χ1n) is 12.6. The molecule has 0 bridgehead atoms. The van der Waals surface area contributed by atoms with Crippen LogP contribution in [0.1, 0.15) is 45.7 Å². The molecule has 0 atom stereocenters. The largest absolute Gasteiger partial charge is 0.459 e. The number of ether oxygens (including phenoxy) is 1. The van der Waals surface area contributed by atoms with Gasteiger partial charge in [0.15, 0.2) is 0 Å². The second kappa shape index (κ2) is 11.1. The van der Waals surface area contributed by atoms with E-state index in [4.69, 9.17) is 9.72 Å². The molecule has 1 N–H and O–H groups in total. The van der Waals surface area contributed by atoms with Crippen LogP contribution >= 0.6 is 27.3 Å². The number of benzene rings is 3. The predicted octanol–water partition coefficient (Wildman–Crippen LogP) is 8.83. The Balaban J connectivity index is 1.61. The first kappa shape index (κ1) is 26.8. The van der Waals surface area contributed by atoms with Gasteiger partial charge in [0.25, 0.3) is 5.91 Å². The third-order valence-corrected chi connectivity index (χ3v) is 7.86. The molecule has 0 aliphatic rings. The highest BCUT2D eigenvalue weighted by molar-refractivity contribution is 9.10. The predicted molar refractivity (Wildman–Crippen MR) is 163 cm³/mol. The quantitative estimate of drug-likeness (QED) is 0.198. The molecule has 0 radical (unpaired) electrons. The molecule has 0 fully saturated rings. The van der Waals surface area contributed by atoms with Crippen LogP contribution in [0.4, 0.5) is 5.00 Å². The molecule has 39 heavy (non-hydrogen) atoms. The van der Waals surface area contributed by atoms with Crippen LogP contribution in [0.3, 0.4) is 0 Å². The van der Waals surface area contributed by atoms with Crippen molar-refractivity contribution in [2.45, 2.75) is 33.8 Å². The zero-order chi connectivity index (χ0) is 27.7. The van der Waals surface area contributed by atoms with Crippen molar-refractivity contribution in [2.24, 2.45) is 0 Å². The topological polar surface area (TPSA) is 68.3 Å². The first-order chi connectivity index (χ1) is 18.7. The Bertz CT molecular complexity index is 1710. The summed E-state index contributed by atoms with van der Waals surface area (Å²) >= 11 is 4.83. The molecule has 0 saturated carbocycles. The van der Waals surface area contributed by atoms with E-state index in [0.717, 1.165) is 26.7 Å². The van der Waals surface area contributed by atoms with Crippen LogP contribution in [0.25, 0.3) is 33.3 Å². The number of hydrogen-bond donors (Lipinski definition) is 1. The summed E-state index contributed by atoms with van der Waals surface area (Å²) in [4.78, 5) is 32.0. The van der Waals surface area contributed by atoms with Gasteiger partial charge in [-0.3, -0.25) is 4.79 Å².